The minimum Gasteiger partial charge on any atom is -0.496 e. The Morgan fingerprint density at radius 1 is 1.16 bits per heavy atom. The fourth-order valence-corrected chi connectivity index (χ4v) is 5.05. The van der Waals surface area contributed by atoms with Crippen LogP contribution in [0.15, 0.2) is 47.8 Å². The molecule has 0 unspecified atom stereocenters. The molecule has 0 atom stereocenters. The highest BCUT2D eigenvalue weighted by molar-refractivity contribution is 7.13. The lowest BCUT2D eigenvalue weighted by Crippen LogP contribution is -2.44. The number of amides is 1. The van der Waals surface area contributed by atoms with Crippen molar-refractivity contribution in [2.45, 2.75) is 18.3 Å². The van der Waals surface area contributed by atoms with Gasteiger partial charge in [-0.2, -0.15) is 0 Å². The molecule has 1 fully saturated rings. The van der Waals surface area contributed by atoms with Gasteiger partial charge in [0.15, 0.2) is 11.5 Å². The zero-order valence-electron chi connectivity index (χ0n) is 17.8. The van der Waals surface area contributed by atoms with Gasteiger partial charge in [0, 0.05) is 30.6 Å². The Bertz CT molecular complexity index is 1120. The SMILES string of the molecule is COc1ccccc1-c1nc(C(=O)NCC2(c3ccc4c(c3)OCO4)CCOCC2)cs1. The standard InChI is InChI=1S/C24H24N2O5S/c1-28-19-5-3-2-4-17(19)23-26-18(13-32-23)22(27)25-14-24(8-10-29-11-9-24)16-6-7-20-21(12-16)31-15-30-20/h2-7,12-13H,8-11,14-15H2,1H3,(H,25,27). The molecule has 0 bridgehead atoms. The van der Waals surface area contributed by atoms with Crippen molar-refractivity contribution in [2.75, 3.05) is 33.7 Å². The van der Waals surface area contributed by atoms with E-state index in [9.17, 15) is 4.79 Å². The first kappa shape index (κ1) is 20.8. The van der Waals surface area contributed by atoms with E-state index in [1.54, 1.807) is 12.5 Å². The van der Waals surface area contributed by atoms with Crippen molar-refractivity contribution in [3.05, 3.63) is 59.1 Å². The summed E-state index contributed by atoms with van der Waals surface area (Å²) in [6.07, 6.45) is 1.63. The molecule has 3 aromatic rings. The topological polar surface area (TPSA) is 78.9 Å². The van der Waals surface area contributed by atoms with Gasteiger partial charge < -0.3 is 24.3 Å². The molecule has 1 N–H and O–H groups in total. The van der Waals surface area contributed by atoms with Gasteiger partial charge in [-0.1, -0.05) is 18.2 Å². The highest BCUT2D eigenvalue weighted by atomic mass is 32.1. The first-order valence-corrected chi connectivity index (χ1v) is 11.4. The van der Waals surface area contributed by atoms with Crippen molar-refractivity contribution >= 4 is 17.2 Å². The predicted molar refractivity (Wildman–Crippen MR) is 121 cm³/mol. The lowest BCUT2D eigenvalue weighted by Gasteiger charge is -2.38. The van der Waals surface area contributed by atoms with Gasteiger partial charge in [0.05, 0.1) is 12.7 Å². The molecule has 0 aliphatic carbocycles. The van der Waals surface area contributed by atoms with Crippen molar-refractivity contribution in [1.29, 1.82) is 0 Å². The molecule has 32 heavy (non-hydrogen) atoms. The van der Waals surface area contributed by atoms with Gasteiger partial charge in [0.1, 0.15) is 16.5 Å². The molecule has 3 heterocycles. The molecular weight excluding hydrogens is 428 g/mol. The molecule has 2 aliphatic heterocycles. The van der Waals surface area contributed by atoms with E-state index in [2.05, 4.69) is 16.4 Å². The summed E-state index contributed by atoms with van der Waals surface area (Å²) >= 11 is 1.43. The molecule has 1 saturated heterocycles. The third kappa shape index (κ3) is 3.91. The van der Waals surface area contributed by atoms with Crippen LogP contribution in [0.1, 0.15) is 28.9 Å². The quantitative estimate of drug-likeness (QED) is 0.609. The lowest BCUT2D eigenvalue weighted by atomic mass is 9.74. The molecule has 2 aliphatic rings. The molecule has 0 saturated carbocycles. The molecule has 5 rings (SSSR count). The van der Waals surface area contributed by atoms with Crippen LogP contribution in [-0.4, -0.2) is 44.6 Å². The smallest absolute Gasteiger partial charge is 0.270 e. The Hall–Kier alpha value is -3.10. The van der Waals surface area contributed by atoms with Gasteiger partial charge in [0.25, 0.3) is 5.91 Å². The molecule has 2 aromatic carbocycles. The molecule has 0 radical (unpaired) electrons. The molecule has 0 spiro atoms. The van der Waals surface area contributed by atoms with Crippen molar-refractivity contribution in [3.8, 4) is 27.8 Å². The molecule has 8 heteroatoms. The lowest BCUT2D eigenvalue weighted by molar-refractivity contribution is 0.0486. The van der Waals surface area contributed by atoms with Crippen molar-refractivity contribution in [3.63, 3.8) is 0 Å². The van der Waals surface area contributed by atoms with E-state index >= 15 is 0 Å². The summed E-state index contributed by atoms with van der Waals surface area (Å²) in [4.78, 5) is 17.5. The maximum atomic E-state index is 13.0. The highest BCUT2D eigenvalue weighted by Gasteiger charge is 2.36. The number of ether oxygens (including phenoxy) is 4. The minimum absolute atomic E-state index is 0.186. The van der Waals surface area contributed by atoms with Crippen LogP contribution in [0, 0.1) is 0 Å². The van der Waals surface area contributed by atoms with Crippen LogP contribution in [0.3, 0.4) is 0 Å². The molecule has 1 aromatic heterocycles. The van der Waals surface area contributed by atoms with E-state index in [-0.39, 0.29) is 18.1 Å². The second kappa shape index (κ2) is 8.80. The number of rotatable bonds is 6. The van der Waals surface area contributed by atoms with Gasteiger partial charge in [-0.15, -0.1) is 11.3 Å². The van der Waals surface area contributed by atoms with Crippen LogP contribution < -0.4 is 19.5 Å². The fraction of sp³-hybridized carbons (Fsp3) is 0.333. The maximum absolute atomic E-state index is 13.0. The number of methoxy groups -OCH3 is 1. The van der Waals surface area contributed by atoms with Crippen molar-refractivity contribution in [2.24, 2.45) is 0 Å². The van der Waals surface area contributed by atoms with E-state index in [1.165, 1.54) is 11.3 Å². The number of thiazole rings is 1. The summed E-state index contributed by atoms with van der Waals surface area (Å²) in [6.45, 7) is 2.04. The van der Waals surface area contributed by atoms with Gasteiger partial charge in [-0.3, -0.25) is 4.79 Å². The normalized spacial score (nSPS) is 16.5. The largest absolute Gasteiger partial charge is 0.496 e. The highest BCUT2D eigenvalue weighted by Crippen LogP contribution is 2.40. The molecule has 1 amide bonds. The molecule has 166 valence electrons. The molecule has 7 nitrogen and oxygen atoms in total. The van der Waals surface area contributed by atoms with Crippen LogP contribution in [0.4, 0.5) is 0 Å². The average molecular weight is 453 g/mol. The van der Waals surface area contributed by atoms with Crippen molar-refractivity contribution < 1.29 is 23.7 Å². The summed E-state index contributed by atoms with van der Waals surface area (Å²) in [5.41, 5.74) is 2.18. The third-order valence-electron chi connectivity index (χ3n) is 6.10. The van der Waals surface area contributed by atoms with Crippen LogP contribution in [0.5, 0.6) is 17.2 Å². The van der Waals surface area contributed by atoms with E-state index in [0.717, 1.165) is 46.2 Å². The fourth-order valence-electron chi connectivity index (χ4n) is 4.22. The zero-order chi connectivity index (χ0) is 22.0. The summed E-state index contributed by atoms with van der Waals surface area (Å²) in [6, 6.07) is 13.7. The van der Waals surface area contributed by atoms with Gasteiger partial charge >= 0.3 is 0 Å². The third-order valence-corrected chi connectivity index (χ3v) is 6.97. The Morgan fingerprint density at radius 3 is 2.81 bits per heavy atom. The Morgan fingerprint density at radius 2 is 1.97 bits per heavy atom. The number of hydrogen-bond acceptors (Lipinski definition) is 7. The first-order chi connectivity index (χ1) is 15.7. The van der Waals surface area contributed by atoms with Crippen LogP contribution >= 0.6 is 11.3 Å². The number of fused-ring (bicyclic) bond motifs is 1. The number of carbonyl (C=O) groups excluding carboxylic acids is 1. The van der Waals surface area contributed by atoms with E-state index in [4.69, 9.17) is 18.9 Å². The summed E-state index contributed by atoms with van der Waals surface area (Å²) in [5, 5.41) is 5.66. The van der Waals surface area contributed by atoms with Gasteiger partial charge in [0.2, 0.25) is 6.79 Å². The van der Waals surface area contributed by atoms with Gasteiger partial charge in [-0.25, -0.2) is 4.98 Å². The minimum atomic E-state index is -0.226. The summed E-state index contributed by atoms with van der Waals surface area (Å²) < 4.78 is 22.1. The number of nitrogens with zero attached hydrogens (tertiary/aromatic N) is 1. The maximum Gasteiger partial charge on any atom is 0.270 e. The van der Waals surface area contributed by atoms with Crippen LogP contribution in [-0.2, 0) is 10.2 Å². The summed E-state index contributed by atoms with van der Waals surface area (Å²) in [5.74, 6) is 2.05. The Labute approximate surface area is 190 Å². The monoisotopic (exact) mass is 452 g/mol. The number of benzene rings is 2. The van der Waals surface area contributed by atoms with E-state index in [1.807, 2.05) is 36.4 Å². The Balaban J connectivity index is 1.34. The van der Waals surface area contributed by atoms with E-state index in [0.29, 0.717) is 25.5 Å². The number of para-hydroxylation sites is 1. The Kier molecular flexibility index (Phi) is 5.71. The zero-order valence-corrected chi connectivity index (χ0v) is 18.6. The average Bonchev–Trinajstić information content (AvgIpc) is 3.52. The first-order valence-electron chi connectivity index (χ1n) is 10.5. The number of carbonyl (C=O) groups is 1. The van der Waals surface area contributed by atoms with Crippen LogP contribution in [0.25, 0.3) is 10.6 Å². The van der Waals surface area contributed by atoms with Crippen molar-refractivity contribution in [1.82, 2.24) is 10.3 Å². The second-order valence-corrected chi connectivity index (χ2v) is 8.74. The molecular formula is C24H24N2O5S. The summed E-state index contributed by atoms with van der Waals surface area (Å²) in [7, 11) is 1.63. The van der Waals surface area contributed by atoms with E-state index < -0.39 is 0 Å². The number of nitrogens with one attached hydrogen (secondary N) is 1. The second-order valence-electron chi connectivity index (χ2n) is 7.88. The predicted octanol–water partition coefficient (Wildman–Crippen LogP) is 4.03. The van der Waals surface area contributed by atoms with Gasteiger partial charge in [-0.05, 0) is 42.7 Å². The number of hydrogen-bond donors (Lipinski definition) is 1. The number of aromatic nitrogens is 1. The van der Waals surface area contributed by atoms with Crippen LogP contribution in [0.2, 0.25) is 0 Å².